The summed E-state index contributed by atoms with van der Waals surface area (Å²) in [5, 5.41) is 6.29. The summed E-state index contributed by atoms with van der Waals surface area (Å²) in [6.07, 6.45) is 2.56. The van der Waals surface area contributed by atoms with Gasteiger partial charge in [-0.2, -0.15) is 5.10 Å². The van der Waals surface area contributed by atoms with E-state index in [0.29, 0.717) is 18.0 Å². The second kappa shape index (κ2) is 11.0. The molecule has 0 aliphatic heterocycles. The van der Waals surface area contributed by atoms with Crippen molar-refractivity contribution in [3.63, 3.8) is 0 Å². The number of nitrogens with zero attached hydrogens (tertiary/aromatic N) is 2. The van der Waals surface area contributed by atoms with Gasteiger partial charge in [0, 0.05) is 0 Å². The number of hydrogen-bond acceptors (Lipinski definition) is 5. The molecule has 0 saturated carbocycles. The van der Waals surface area contributed by atoms with Gasteiger partial charge in [-0.25, -0.2) is 13.8 Å². The molecule has 8 heteroatoms. The first-order valence-corrected chi connectivity index (χ1v) is 13.2. The molecule has 0 spiro atoms. The van der Waals surface area contributed by atoms with E-state index in [-0.39, 0.29) is 6.54 Å². The predicted molar refractivity (Wildman–Crippen MR) is 144 cm³/mol. The highest BCUT2D eigenvalue weighted by atomic mass is 32.2. The number of ether oxygens (including phenoxy) is 1. The number of sulfonamides is 1. The molecule has 0 aliphatic carbocycles. The van der Waals surface area contributed by atoms with Crippen LogP contribution in [0, 0.1) is 6.92 Å². The van der Waals surface area contributed by atoms with Crippen molar-refractivity contribution in [3.8, 4) is 5.75 Å². The van der Waals surface area contributed by atoms with Gasteiger partial charge in [-0.05, 0) is 70.8 Å². The molecule has 0 aliphatic rings. The number of fused-ring (bicyclic) bond motifs is 1. The minimum atomic E-state index is -3.64. The third-order valence-electron chi connectivity index (χ3n) is 5.53. The Bertz CT molecular complexity index is 1490. The van der Waals surface area contributed by atoms with Gasteiger partial charge in [-0.3, -0.25) is 9.10 Å². The minimum absolute atomic E-state index is 0.374. The first kappa shape index (κ1) is 24.9. The fraction of sp³-hybridized carbons (Fsp3) is 0.143. The molecule has 4 aromatic rings. The molecule has 0 atom stereocenters. The van der Waals surface area contributed by atoms with Crippen LogP contribution in [0.3, 0.4) is 0 Å². The quantitative estimate of drug-likeness (QED) is 0.267. The van der Waals surface area contributed by atoms with Crippen LogP contribution in [0.4, 0.5) is 5.69 Å². The van der Waals surface area contributed by atoms with Gasteiger partial charge in [-0.15, -0.1) is 0 Å². The number of benzene rings is 4. The maximum Gasteiger partial charge on any atom is 0.260 e. The van der Waals surface area contributed by atoms with Crippen molar-refractivity contribution in [2.24, 2.45) is 5.10 Å². The van der Waals surface area contributed by atoms with E-state index in [1.807, 2.05) is 55.5 Å². The van der Waals surface area contributed by atoms with Crippen LogP contribution < -0.4 is 14.5 Å². The highest BCUT2D eigenvalue weighted by molar-refractivity contribution is 7.92. The SMILES string of the molecule is Cc1cccc(N(CC(=O)N/N=C\c2ccc(OCc3cccc4ccccc34)cc2)S(C)(=O)=O)c1. The fourth-order valence-corrected chi connectivity index (χ4v) is 4.61. The minimum Gasteiger partial charge on any atom is -0.489 e. The maximum absolute atomic E-state index is 12.4. The number of anilines is 1. The van der Waals surface area contributed by atoms with Crippen molar-refractivity contribution < 1.29 is 17.9 Å². The highest BCUT2D eigenvalue weighted by Gasteiger charge is 2.20. The van der Waals surface area contributed by atoms with E-state index in [1.54, 1.807) is 18.2 Å². The molecule has 0 saturated heterocycles. The molecule has 0 radical (unpaired) electrons. The summed E-state index contributed by atoms with van der Waals surface area (Å²) in [6.45, 7) is 1.93. The number of amides is 1. The smallest absolute Gasteiger partial charge is 0.260 e. The summed E-state index contributed by atoms with van der Waals surface area (Å²) in [4.78, 5) is 12.4. The van der Waals surface area contributed by atoms with Gasteiger partial charge < -0.3 is 4.74 Å². The summed E-state index contributed by atoms with van der Waals surface area (Å²) in [6, 6.07) is 28.6. The Morgan fingerprint density at radius 1 is 0.972 bits per heavy atom. The molecule has 0 aromatic heterocycles. The maximum atomic E-state index is 12.4. The zero-order valence-corrected chi connectivity index (χ0v) is 20.9. The topological polar surface area (TPSA) is 88.1 Å². The Kier molecular flexibility index (Phi) is 7.65. The van der Waals surface area contributed by atoms with Crippen LogP contribution in [-0.4, -0.2) is 33.3 Å². The lowest BCUT2D eigenvalue weighted by Crippen LogP contribution is -2.39. The third-order valence-corrected chi connectivity index (χ3v) is 6.68. The molecule has 184 valence electrons. The van der Waals surface area contributed by atoms with Crippen LogP contribution in [-0.2, 0) is 21.4 Å². The third kappa shape index (κ3) is 6.49. The molecular weight excluding hydrogens is 474 g/mol. The Morgan fingerprint density at radius 2 is 1.69 bits per heavy atom. The van der Waals surface area contributed by atoms with Gasteiger partial charge in [0.1, 0.15) is 18.9 Å². The first-order chi connectivity index (χ1) is 17.3. The van der Waals surface area contributed by atoms with Crippen molar-refractivity contribution in [3.05, 3.63) is 108 Å². The fourth-order valence-electron chi connectivity index (χ4n) is 3.76. The van der Waals surface area contributed by atoms with E-state index in [0.717, 1.165) is 32.6 Å². The van der Waals surface area contributed by atoms with E-state index in [1.165, 1.54) is 11.6 Å². The molecule has 36 heavy (non-hydrogen) atoms. The van der Waals surface area contributed by atoms with Gasteiger partial charge >= 0.3 is 0 Å². The van der Waals surface area contributed by atoms with E-state index in [9.17, 15) is 13.2 Å². The number of hydrazone groups is 1. The standard InChI is InChI=1S/C28H27N3O4S/c1-21-7-5-11-25(17-21)31(36(2,33)34)19-28(32)30-29-18-22-13-15-26(16-14-22)35-20-24-10-6-9-23-8-3-4-12-27(23)24/h3-18H,19-20H2,1-2H3,(H,30,32)/b29-18-. The van der Waals surface area contributed by atoms with E-state index in [4.69, 9.17) is 4.74 Å². The summed E-state index contributed by atoms with van der Waals surface area (Å²) in [5.74, 6) is 0.166. The monoisotopic (exact) mass is 501 g/mol. The molecule has 0 unspecified atom stereocenters. The summed E-state index contributed by atoms with van der Waals surface area (Å²) < 4.78 is 31.4. The largest absolute Gasteiger partial charge is 0.489 e. The van der Waals surface area contributed by atoms with Gasteiger partial charge in [0.05, 0.1) is 18.2 Å². The van der Waals surface area contributed by atoms with Crippen LogP contribution in [0.15, 0.2) is 96.1 Å². The van der Waals surface area contributed by atoms with E-state index in [2.05, 4.69) is 34.8 Å². The van der Waals surface area contributed by atoms with Gasteiger partial charge in [0.15, 0.2) is 0 Å². The molecule has 1 amide bonds. The molecule has 7 nitrogen and oxygen atoms in total. The zero-order valence-electron chi connectivity index (χ0n) is 20.1. The lowest BCUT2D eigenvalue weighted by Gasteiger charge is -2.21. The summed E-state index contributed by atoms with van der Waals surface area (Å²) in [5.41, 5.74) is 5.57. The van der Waals surface area contributed by atoms with Crippen LogP contribution in [0.25, 0.3) is 10.8 Å². The molecular formula is C28H27N3O4S. The van der Waals surface area contributed by atoms with Crippen molar-refractivity contribution >= 4 is 38.6 Å². The number of carbonyl (C=O) groups is 1. The van der Waals surface area contributed by atoms with Crippen molar-refractivity contribution in [2.45, 2.75) is 13.5 Å². The van der Waals surface area contributed by atoms with Crippen LogP contribution in [0.2, 0.25) is 0 Å². The van der Waals surface area contributed by atoms with Crippen LogP contribution >= 0.6 is 0 Å². The number of carbonyl (C=O) groups excluding carboxylic acids is 1. The lowest BCUT2D eigenvalue weighted by molar-refractivity contribution is -0.119. The number of rotatable bonds is 9. The molecule has 1 N–H and O–H groups in total. The van der Waals surface area contributed by atoms with Crippen molar-refractivity contribution in [1.29, 1.82) is 0 Å². The number of hydrogen-bond donors (Lipinski definition) is 1. The van der Waals surface area contributed by atoms with E-state index < -0.39 is 15.9 Å². The van der Waals surface area contributed by atoms with Gasteiger partial charge in [0.25, 0.3) is 5.91 Å². The number of nitrogens with one attached hydrogen (secondary N) is 1. The second-order valence-corrected chi connectivity index (χ2v) is 10.3. The average molecular weight is 502 g/mol. The van der Waals surface area contributed by atoms with Gasteiger partial charge in [0.2, 0.25) is 10.0 Å². The molecule has 0 heterocycles. The average Bonchev–Trinajstić information content (AvgIpc) is 2.86. The Labute approximate surface area is 211 Å². The normalized spacial score (nSPS) is 11.5. The highest BCUT2D eigenvalue weighted by Crippen LogP contribution is 2.21. The predicted octanol–water partition coefficient (Wildman–Crippen LogP) is 4.64. The molecule has 4 rings (SSSR count). The zero-order chi connectivity index (χ0) is 25.5. The second-order valence-electron chi connectivity index (χ2n) is 8.40. The van der Waals surface area contributed by atoms with Crippen molar-refractivity contribution in [2.75, 3.05) is 17.1 Å². The van der Waals surface area contributed by atoms with Crippen LogP contribution in [0.1, 0.15) is 16.7 Å². The van der Waals surface area contributed by atoms with Crippen LogP contribution in [0.5, 0.6) is 5.75 Å². The Morgan fingerprint density at radius 3 is 2.44 bits per heavy atom. The van der Waals surface area contributed by atoms with Gasteiger partial charge in [-0.1, -0.05) is 54.6 Å². The number of aryl methyl sites for hydroxylation is 1. The van der Waals surface area contributed by atoms with Crippen molar-refractivity contribution in [1.82, 2.24) is 5.43 Å². The molecule has 0 fully saturated rings. The Hall–Kier alpha value is -4.17. The molecule has 0 bridgehead atoms. The summed E-state index contributed by atoms with van der Waals surface area (Å²) >= 11 is 0. The summed E-state index contributed by atoms with van der Waals surface area (Å²) in [7, 11) is -3.64. The van der Waals surface area contributed by atoms with E-state index >= 15 is 0 Å². The lowest BCUT2D eigenvalue weighted by atomic mass is 10.1. The first-order valence-electron chi connectivity index (χ1n) is 11.4. The Balaban J connectivity index is 1.33. The molecule has 4 aromatic carbocycles.